The first-order valence-corrected chi connectivity index (χ1v) is 7.00. The summed E-state index contributed by atoms with van der Waals surface area (Å²) in [6, 6.07) is 9.98. The van der Waals surface area contributed by atoms with Gasteiger partial charge < -0.3 is 14.8 Å². The molecule has 0 heterocycles. The van der Waals surface area contributed by atoms with Crippen molar-refractivity contribution >= 4 is 17.3 Å². The van der Waals surface area contributed by atoms with E-state index in [4.69, 9.17) is 21.1 Å². The lowest BCUT2D eigenvalue weighted by atomic mass is 10.2. The van der Waals surface area contributed by atoms with Gasteiger partial charge in [-0.3, -0.25) is 0 Å². The SMILES string of the molecule is CCOc1cc(NCc2cc(Cl)ccc2F)ccc1OC. The maximum Gasteiger partial charge on any atom is 0.163 e. The van der Waals surface area contributed by atoms with Crippen LogP contribution in [0.4, 0.5) is 10.1 Å². The van der Waals surface area contributed by atoms with Crippen molar-refractivity contribution < 1.29 is 13.9 Å². The van der Waals surface area contributed by atoms with E-state index in [1.807, 2.05) is 25.1 Å². The predicted octanol–water partition coefficient (Wildman–Crippen LogP) is 4.50. The molecule has 0 bridgehead atoms. The van der Waals surface area contributed by atoms with Crippen LogP contribution < -0.4 is 14.8 Å². The van der Waals surface area contributed by atoms with Crippen LogP contribution in [0, 0.1) is 5.82 Å². The fourth-order valence-corrected chi connectivity index (χ4v) is 2.13. The summed E-state index contributed by atoms with van der Waals surface area (Å²) in [6.45, 7) is 2.79. The van der Waals surface area contributed by atoms with Crippen LogP contribution in [0.25, 0.3) is 0 Å². The van der Waals surface area contributed by atoms with Crippen molar-refractivity contribution in [2.75, 3.05) is 19.0 Å². The molecule has 0 fully saturated rings. The number of nitrogens with one attached hydrogen (secondary N) is 1. The highest BCUT2D eigenvalue weighted by Crippen LogP contribution is 2.30. The van der Waals surface area contributed by atoms with Gasteiger partial charge in [0.25, 0.3) is 0 Å². The van der Waals surface area contributed by atoms with E-state index in [-0.39, 0.29) is 5.82 Å². The molecule has 1 N–H and O–H groups in total. The van der Waals surface area contributed by atoms with Crippen molar-refractivity contribution in [2.45, 2.75) is 13.5 Å². The minimum absolute atomic E-state index is 0.287. The molecule has 0 aromatic heterocycles. The highest BCUT2D eigenvalue weighted by Gasteiger charge is 2.07. The third-order valence-electron chi connectivity index (χ3n) is 2.95. The van der Waals surface area contributed by atoms with Crippen LogP contribution in [0.15, 0.2) is 36.4 Å². The first-order chi connectivity index (χ1) is 10.1. The molecule has 2 aromatic carbocycles. The first-order valence-electron chi connectivity index (χ1n) is 6.62. The molecule has 0 atom stereocenters. The van der Waals surface area contributed by atoms with E-state index in [0.29, 0.717) is 35.2 Å². The summed E-state index contributed by atoms with van der Waals surface area (Å²) < 4.78 is 24.4. The molecule has 21 heavy (non-hydrogen) atoms. The van der Waals surface area contributed by atoms with Crippen LogP contribution in [0.3, 0.4) is 0 Å². The normalized spacial score (nSPS) is 10.3. The average Bonchev–Trinajstić information content (AvgIpc) is 2.49. The minimum atomic E-state index is -0.287. The standard InChI is InChI=1S/C16H17ClFNO2/c1-3-21-16-9-13(5-7-15(16)20-2)19-10-11-8-12(17)4-6-14(11)18/h4-9,19H,3,10H2,1-2H3. The van der Waals surface area contributed by atoms with Crippen LogP contribution in [0.1, 0.15) is 12.5 Å². The molecule has 2 rings (SSSR count). The van der Waals surface area contributed by atoms with Crippen molar-refractivity contribution in [1.29, 1.82) is 0 Å². The molecule has 0 aliphatic carbocycles. The maximum absolute atomic E-state index is 13.6. The van der Waals surface area contributed by atoms with Gasteiger partial charge in [-0.1, -0.05) is 11.6 Å². The van der Waals surface area contributed by atoms with Gasteiger partial charge in [-0.25, -0.2) is 4.39 Å². The van der Waals surface area contributed by atoms with E-state index in [1.165, 1.54) is 12.1 Å². The minimum Gasteiger partial charge on any atom is -0.493 e. The van der Waals surface area contributed by atoms with Gasteiger partial charge in [-0.2, -0.15) is 0 Å². The zero-order valence-electron chi connectivity index (χ0n) is 12.0. The van der Waals surface area contributed by atoms with E-state index in [1.54, 1.807) is 13.2 Å². The topological polar surface area (TPSA) is 30.5 Å². The van der Waals surface area contributed by atoms with Gasteiger partial charge in [0, 0.05) is 28.9 Å². The molecule has 2 aromatic rings. The number of hydrogen-bond acceptors (Lipinski definition) is 3. The highest BCUT2D eigenvalue weighted by atomic mass is 35.5. The van der Waals surface area contributed by atoms with E-state index in [9.17, 15) is 4.39 Å². The Labute approximate surface area is 128 Å². The molecule has 0 aliphatic rings. The molecular weight excluding hydrogens is 293 g/mol. The fraction of sp³-hybridized carbons (Fsp3) is 0.250. The lowest BCUT2D eigenvalue weighted by Gasteiger charge is -2.13. The molecule has 3 nitrogen and oxygen atoms in total. The summed E-state index contributed by atoms with van der Waals surface area (Å²) in [7, 11) is 1.59. The van der Waals surface area contributed by atoms with Crippen LogP contribution in [0.2, 0.25) is 5.02 Å². The first kappa shape index (κ1) is 15.4. The van der Waals surface area contributed by atoms with Crippen LogP contribution in [-0.4, -0.2) is 13.7 Å². The van der Waals surface area contributed by atoms with E-state index >= 15 is 0 Å². The Bertz CT molecular complexity index is 619. The Morgan fingerprint density at radius 1 is 1.14 bits per heavy atom. The number of ether oxygens (including phenoxy) is 2. The number of rotatable bonds is 6. The summed E-state index contributed by atoms with van der Waals surface area (Å²) in [5.74, 6) is 1.03. The molecule has 0 radical (unpaired) electrons. The second-order valence-electron chi connectivity index (χ2n) is 4.39. The van der Waals surface area contributed by atoms with Gasteiger partial charge in [-0.05, 0) is 37.3 Å². The summed E-state index contributed by atoms with van der Waals surface area (Å²) >= 11 is 5.87. The van der Waals surface area contributed by atoms with Gasteiger partial charge in [-0.15, -0.1) is 0 Å². The molecule has 0 saturated heterocycles. The zero-order chi connectivity index (χ0) is 15.2. The summed E-state index contributed by atoms with van der Waals surface area (Å²) in [4.78, 5) is 0. The summed E-state index contributed by atoms with van der Waals surface area (Å²) in [5.41, 5.74) is 1.33. The van der Waals surface area contributed by atoms with Gasteiger partial charge in [0.2, 0.25) is 0 Å². The lowest BCUT2D eigenvalue weighted by Crippen LogP contribution is -2.03. The quantitative estimate of drug-likeness (QED) is 0.852. The summed E-state index contributed by atoms with van der Waals surface area (Å²) in [6.07, 6.45) is 0. The lowest BCUT2D eigenvalue weighted by molar-refractivity contribution is 0.311. The van der Waals surface area contributed by atoms with Gasteiger partial charge in [0.05, 0.1) is 13.7 Å². The number of halogens is 2. The van der Waals surface area contributed by atoms with E-state index in [0.717, 1.165) is 5.69 Å². The van der Waals surface area contributed by atoms with Crippen molar-refractivity contribution in [1.82, 2.24) is 0 Å². The molecular formula is C16H17ClFNO2. The summed E-state index contributed by atoms with van der Waals surface area (Å²) in [5, 5.41) is 3.66. The monoisotopic (exact) mass is 309 g/mol. The number of methoxy groups -OCH3 is 1. The molecule has 0 spiro atoms. The molecule has 0 unspecified atom stereocenters. The Morgan fingerprint density at radius 3 is 2.67 bits per heavy atom. The van der Waals surface area contributed by atoms with Gasteiger partial charge >= 0.3 is 0 Å². The second-order valence-corrected chi connectivity index (χ2v) is 4.82. The third kappa shape index (κ3) is 4.02. The Balaban J connectivity index is 2.12. The number of hydrogen-bond donors (Lipinski definition) is 1. The highest BCUT2D eigenvalue weighted by molar-refractivity contribution is 6.30. The second kappa shape index (κ2) is 7.18. The van der Waals surface area contributed by atoms with Gasteiger partial charge in [0.1, 0.15) is 5.82 Å². The zero-order valence-corrected chi connectivity index (χ0v) is 12.7. The number of anilines is 1. The maximum atomic E-state index is 13.6. The smallest absolute Gasteiger partial charge is 0.163 e. The largest absolute Gasteiger partial charge is 0.493 e. The molecule has 5 heteroatoms. The predicted molar refractivity (Wildman–Crippen MR) is 82.9 cm³/mol. The Kier molecular flexibility index (Phi) is 5.28. The van der Waals surface area contributed by atoms with Crippen molar-refractivity contribution in [3.63, 3.8) is 0 Å². The van der Waals surface area contributed by atoms with E-state index in [2.05, 4.69) is 5.32 Å². The fourth-order valence-electron chi connectivity index (χ4n) is 1.93. The Morgan fingerprint density at radius 2 is 1.95 bits per heavy atom. The molecule has 112 valence electrons. The van der Waals surface area contributed by atoms with E-state index < -0.39 is 0 Å². The third-order valence-corrected chi connectivity index (χ3v) is 3.19. The molecule has 0 aliphatic heterocycles. The van der Waals surface area contributed by atoms with Crippen molar-refractivity contribution in [3.8, 4) is 11.5 Å². The number of benzene rings is 2. The van der Waals surface area contributed by atoms with Crippen molar-refractivity contribution in [2.24, 2.45) is 0 Å². The van der Waals surface area contributed by atoms with Crippen LogP contribution in [-0.2, 0) is 6.54 Å². The van der Waals surface area contributed by atoms with Crippen LogP contribution in [0.5, 0.6) is 11.5 Å². The Hall–Kier alpha value is -1.94. The van der Waals surface area contributed by atoms with Crippen molar-refractivity contribution in [3.05, 3.63) is 52.8 Å². The van der Waals surface area contributed by atoms with Crippen LogP contribution >= 0.6 is 11.6 Å². The molecule has 0 amide bonds. The molecule has 0 saturated carbocycles. The van der Waals surface area contributed by atoms with Gasteiger partial charge in [0.15, 0.2) is 11.5 Å². The average molecular weight is 310 g/mol.